The van der Waals surface area contributed by atoms with Gasteiger partial charge in [0.25, 0.3) is 0 Å². The standard InChI is InChI=1S/C24H19N3O/c28-23(16-20-12-6-11-18-8-4-5-14-22(18)20)26-27-24(19-9-2-1-3-10-19)21-13-7-15-25-17-21/h1-15,17H,16H2,(H,26,28). The van der Waals surface area contributed by atoms with Crippen LogP contribution in [-0.4, -0.2) is 16.6 Å². The van der Waals surface area contributed by atoms with Gasteiger partial charge in [-0.25, -0.2) is 5.43 Å². The average molecular weight is 365 g/mol. The number of hydrogen-bond donors (Lipinski definition) is 1. The summed E-state index contributed by atoms with van der Waals surface area (Å²) in [6.07, 6.45) is 3.72. The van der Waals surface area contributed by atoms with Crippen molar-refractivity contribution in [3.8, 4) is 0 Å². The number of aromatic nitrogens is 1. The molecule has 0 radical (unpaired) electrons. The normalized spacial score (nSPS) is 11.4. The molecule has 4 aromatic rings. The van der Waals surface area contributed by atoms with Gasteiger partial charge >= 0.3 is 0 Å². The lowest BCUT2D eigenvalue weighted by molar-refractivity contribution is -0.120. The summed E-state index contributed by atoms with van der Waals surface area (Å²) in [4.78, 5) is 16.8. The molecule has 0 fully saturated rings. The van der Waals surface area contributed by atoms with E-state index in [1.807, 2.05) is 84.9 Å². The van der Waals surface area contributed by atoms with Crippen LogP contribution in [0.25, 0.3) is 10.8 Å². The fraction of sp³-hybridized carbons (Fsp3) is 0.0417. The predicted molar refractivity (Wildman–Crippen MR) is 112 cm³/mol. The van der Waals surface area contributed by atoms with Crippen molar-refractivity contribution in [2.75, 3.05) is 0 Å². The minimum atomic E-state index is -0.159. The molecule has 0 aliphatic rings. The Morgan fingerprint density at radius 3 is 2.39 bits per heavy atom. The molecular weight excluding hydrogens is 346 g/mol. The van der Waals surface area contributed by atoms with E-state index in [4.69, 9.17) is 0 Å². The van der Waals surface area contributed by atoms with Gasteiger partial charge in [-0.3, -0.25) is 9.78 Å². The Morgan fingerprint density at radius 2 is 1.57 bits per heavy atom. The number of amides is 1. The Balaban J connectivity index is 1.59. The highest BCUT2D eigenvalue weighted by Gasteiger charge is 2.10. The molecule has 1 heterocycles. The molecule has 1 amide bonds. The lowest BCUT2D eigenvalue weighted by Crippen LogP contribution is -2.22. The fourth-order valence-corrected chi connectivity index (χ4v) is 3.17. The molecule has 4 rings (SSSR count). The molecule has 0 saturated carbocycles. The van der Waals surface area contributed by atoms with E-state index < -0.39 is 0 Å². The van der Waals surface area contributed by atoms with E-state index in [-0.39, 0.29) is 12.3 Å². The molecule has 0 spiro atoms. The van der Waals surface area contributed by atoms with Crippen LogP contribution in [0.4, 0.5) is 0 Å². The third kappa shape index (κ3) is 3.96. The highest BCUT2D eigenvalue weighted by Crippen LogP contribution is 2.19. The summed E-state index contributed by atoms with van der Waals surface area (Å²) in [5, 5.41) is 6.62. The molecule has 0 unspecified atom stereocenters. The second-order valence-corrected chi connectivity index (χ2v) is 6.42. The minimum absolute atomic E-state index is 0.159. The largest absolute Gasteiger partial charge is 0.273 e. The summed E-state index contributed by atoms with van der Waals surface area (Å²) in [5.74, 6) is -0.159. The van der Waals surface area contributed by atoms with Gasteiger partial charge in [0.15, 0.2) is 0 Å². The van der Waals surface area contributed by atoms with Crippen molar-refractivity contribution < 1.29 is 4.79 Å². The van der Waals surface area contributed by atoms with Crippen LogP contribution < -0.4 is 5.43 Å². The number of nitrogens with zero attached hydrogens (tertiary/aromatic N) is 2. The molecule has 0 atom stereocenters. The van der Waals surface area contributed by atoms with Gasteiger partial charge in [0.1, 0.15) is 0 Å². The van der Waals surface area contributed by atoms with Crippen LogP contribution in [0.3, 0.4) is 0 Å². The first-order valence-corrected chi connectivity index (χ1v) is 9.10. The lowest BCUT2D eigenvalue weighted by atomic mass is 10.0. The van der Waals surface area contributed by atoms with Gasteiger partial charge in [0.2, 0.25) is 5.91 Å². The zero-order valence-corrected chi connectivity index (χ0v) is 15.2. The summed E-state index contributed by atoms with van der Waals surface area (Å²) in [6, 6.07) is 27.6. The highest BCUT2D eigenvalue weighted by molar-refractivity contribution is 6.13. The number of carbonyl (C=O) groups is 1. The quantitative estimate of drug-likeness (QED) is 0.422. The number of fused-ring (bicyclic) bond motifs is 1. The molecule has 0 aliphatic heterocycles. The molecular formula is C24H19N3O. The van der Waals surface area contributed by atoms with Crippen molar-refractivity contribution >= 4 is 22.4 Å². The number of hydrogen-bond acceptors (Lipinski definition) is 3. The fourth-order valence-electron chi connectivity index (χ4n) is 3.17. The second-order valence-electron chi connectivity index (χ2n) is 6.42. The number of carbonyl (C=O) groups excluding carboxylic acids is 1. The zero-order valence-electron chi connectivity index (χ0n) is 15.2. The van der Waals surface area contributed by atoms with E-state index in [1.165, 1.54) is 0 Å². The highest BCUT2D eigenvalue weighted by atomic mass is 16.2. The van der Waals surface area contributed by atoms with Gasteiger partial charge in [0.05, 0.1) is 12.1 Å². The van der Waals surface area contributed by atoms with E-state index in [1.54, 1.807) is 12.4 Å². The Labute approximate surface area is 163 Å². The first-order chi connectivity index (χ1) is 13.8. The molecule has 1 N–H and O–H groups in total. The van der Waals surface area contributed by atoms with E-state index in [2.05, 4.69) is 15.5 Å². The number of nitrogens with one attached hydrogen (secondary N) is 1. The van der Waals surface area contributed by atoms with Crippen LogP contribution in [0.15, 0.2) is 102 Å². The van der Waals surface area contributed by atoms with Crippen molar-refractivity contribution in [2.24, 2.45) is 5.10 Å². The Bertz CT molecular complexity index is 1080. The number of pyridine rings is 1. The monoisotopic (exact) mass is 365 g/mol. The minimum Gasteiger partial charge on any atom is -0.273 e. The summed E-state index contributed by atoms with van der Waals surface area (Å²) in [6.45, 7) is 0. The number of rotatable bonds is 5. The average Bonchev–Trinajstić information content (AvgIpc) is 2.76. The molecule has 0 saturated heterocycles. The smallest absolute Gasteiger partial charge is 0.244 e. The van der Waals surface area contributed by atoms with Gasteiger partial charge in [-0.2, -0.15) is 5.10 Å². The van der Waals surface area contributed by atoms with E-state index in [9.17, 15) is 4.79 Å². The first-order valence-electron chi connectivity index (χ1n) is 9.10. The molecule has 136 valence electrons. The SMILES string of the molecule is O=C(Cc1cccc2ccccc12)NN=C(c1ccccc1)c1cccnc1. The first kappa shape index (κ1) is 17.6. The summed E-state index contributed by atoms with van der Waals surface area (Å²) in [7, 11) is 0. The molecule has 28 heavy (non-hydrogen) atoms. The number of hydrazone groups is 1. The van der Waals surface area contributed by atoms with Gasteiger partial charge in [-0.1, -0.05) is 72.8 Å². The third-order valence-electron chi connectivity index (χ3n) is 4.51. The zero-order chi connectivity index (χ0) is 19.2. The van der Waals surface area contributed by atoms with Gasteiger partial charge < -0.3 is 0 Å². The summed E-state index contributed by atoms with van der Waals surface area (Å²) >= 11 is 0. The van der Waals surface area contributed by atoms with Crippen LogP contribution in [0.1, 0.15) is 16.7 Å². The maximum atomic E-state index is 12.6. The molecule has 1 aromatic heterocycles. The van der Waals surface area contributed by atoms with Crippen LogP contribution in [0.5, 0.6) is 0 Å². The molecule has 3 aromatic carbocycles. The van der Waals surface area contributed by atoms with Crippen LogP contribution in [-0.2, 0) is 11.2 Å². The van der Waals surface area contributed by atoms with Crippen molar-refractivity contribution in [3.05, 3.63) is 114 Å². The van der Waals surface area contributed by atoms with Gasteiger partial charge in [0, 0.05) is 23.5 Å². The van der Waals surface area contributed by atoms with Crippen LogP contribution in [0.2, 0.25) is 0 Å². The molecule has 0 bridgehead atoms. The Morgan fingerprint density at radius 1 is 0.821 bits per heavy atom. The third-order valence-corrected chi connectivity index (χ3v) is 4.51. The summed E-state index contributed by atoms with van der Waals surface area (Å²) < 4.78 is 0. The van der Waals surface area contributed by atoms with Crippen LogP contribution in [0, 0.1) is 0 Å². The maximum absolute atomic E-state index is 12.6. The topological polar surface area (TPSA) is 54.4 Å². The summed E-state index contributed by atoms with van der Waals surface area (Å²) in [5.41, 5.74) is 6.14. The van der Waals surface area contributed by atoms with E-state index in [0.29, 0.717) is 5.71 Å². The van der Waals surface area contributed by atoms with Gasteiger partial charge in [-0.05, 0) is 28.5 Å². The Kier molecular flexibility index (Phi) is 5.20. The lowest BCUT2D eigenvalue weighted by Gasteiger charge is -2.09. The van der Waals surface area contributed by atoms with E-state index in [0.717, 1.165) is 27.5 Å². The number of benzene rings is 3. The van der Waals surface area contributed by atoms with E-state index >= 15 is 0 Å². The maximum Gasteiger partial charge on any atom is 0.244 e. The van der Waals surface area contributed by atoms with Crippen molar-refractivity contribution in [2.45, 2.75) is 6.42 Å². The van der Waals surface area contributed by atoms with Crippen molar-refractivity contribution in [3.63, 3.8) is 0 Å². The van der Waals surface area contributed by atoms with Gasteiger partial charge in [-0.15, -0.1) is 0 Å². The molecule has 0 aliphatic carbocycles. The van der Waals surface area contributed by atoms with Crippen molar-refractivity contribution in [1.82, 2.24) is 10.4 Å². The molecule has 4 heteroatoms. The second kappa shape index (κ2) is 8.27. The molecule has 4 nitrogen and oxygen atoms in total. The van der Waals surface area contributed by atoms with Crippen LogP contribution >= 0.6 is 0 Å². The van der Waals surface area contributed by atoms with Crippen molar-refractivity contribution in [1.29, 1.82) is 0 Å². The Hall–Kier alpha value is -3.79. The predicted octanol–water partition coefficient (Wildman–Crippen LogP) is 4.35.